The Morgan fingerprint density at radius 2 is 0.780 bits per heavy atom. The summed E-state index contributed by atoms with van der Waals surface area (Å²) in [5, 5.41) is 8.71. The van der Waals surface area contributed by atoms with E-state index in [9.17, 15) is 9.59 Å². The minimum Gasteiger partial charge on any atom is -0.481 e. The van der Waals surface area contributed by atoms with Crippen LogP contribution in [0.1, 0.15) is 239 Å². The Morgan fingerprint density at radius 3 is 1.26 bits per heavy atom. The summed E-state index contributed by atoms with van der Waals surface area (Å²) in [4.78, 5) is 23.2. The molecule has 0 aliphatic rings. The summed E-state index contributed by atoms with van der Waals surface area (Å²) < 4.78 is 6.03. The first-order valence-electron chi connectivity index (χ1n) is 22.0. The minimum absolute atomic E-state index is 0.0274. The Morgan fingerprint density at radius 1 is 0.440 bits per heavy atom. The van der Waals surface area contributed by atoms with Crippen LogP contribution >= 0.6 is 0 Å². The van der Waals surface area contributed by atoms with Gasteiger partial charge in [-0.15, -0.1) is 0 Å². The standard InChI is InChI=1S/C46H84O4/c1-3-5-7-9-10-11-12-13-14-15-16-17-18-19-20-21-25-28-31-35-39-43-46(49)50-44(40-36-32-8-6-4-2)41-37-33-29-26-23-22-24-27-30-34-38-42-45(47)48/h10-11,13-14,19-20,44H,3-9,12,15-18,21-43H2,1-2H3,(H,47,48)/b11-10-,14-13-,20-19-. The van der Waals surface area contributed by atoms with Crippen molar-refractivity contribution in [3.8, 4) is 0 Å². The molecule has 1 unspecified atom stereocenters. The number of rotatable bonds is 40. The monoisotopic (exact) mass is 701 g/mol. The van der Waals surface area contributed by atoms with Gasteiger partial charge in [0, 0.05) is 12.8 Å². The number of ether oxygens (including phenoxy) is 1. The summed E-state index contributed by atoms with van der Waals surface area (Å²) >= 11 is 0. The highest BCUT2D eigenvalue weighted by Crippen LogP contribution is 2.19. The Bertz CT molecular complexity index is 798. The highest BCUT2D eigenvalue weighted by molar-refractivity contribution is 5.69. The molecule has 0 rings (SSSR count). The average molecular weight is 701 g/mol. The van der Waals surface area contributed by atoms with Crippen molar-refractivity contribution in [1.29, 1.82) is 0 Å². The number of carboxylic acids is 1. The van der Waals surface area contributed by atoms with Gasteiger partial charge in [-0.25, -0.2) is 0 Å². The van der Waals surface area contributed by atoms with Crippen LogP contribution in [0.4, 0.5) is 0 Å². The molecule has 1 N–H and O–H groups in total. The third-order valence-corrected chi connectivity index (χ3v) is 9.83. The summed E-state index contributed by atoms with van der Waals surface area (Å²) in [5.74, 6) is -0.645. The molecule has 0 aromatic carbocycles. The highest BCUT2D eigenvalue weighted by Gasteiger charge is 2.14. The van der Waals surface area contributed by atoms with Crippen LogP contribution in [0.3, 0.4) is 0 Å². The zero-order chi connectivity index (χ0) is 36.4. The molecule has 4 heteroatoms. The van der Waals surface area contributed by atoms with Crippen molar-refractivity contribution in [2.75, 3.05) is 0 Å². The molecule has 0 amide bonds. The van der Waals surface area contributed by atoms with Gasteiger partial charge in [0.15, 0.2) is 0 Å². The van der Waals surface area contributed by atoms with Gasteiger partial charge in [-0.05, 0) is 96.3 Å². The van der Waals surface area contributed by atoms with Crippen LogP contribution in [0.25, 0.3) is 0 Å². The van der Waals surface area contributed by atoms with Crippen molar-refractivity contribution in [3.05, 3.63) is 36.5 Å². The summed E-state index contributed by atoms with van der Waals surface area (Å²) in [6.07, 6.45) is 54.8. The van der Waals surface area contributed by atoms with Crippen LogP contribution in [0.15, 0.2) is 36.5 Å². The number of esters is 1. The van der Waals surface area contributed by atoms with Crippen molar-refractivity contribution in [2.24, 2.45) is 0 Å². The molecule has 292 valence electrons. The van der Waals surface area contributed by atoms with Crippen molar-refractivity contribution in [3.63, 3.8) is 0 Å². The number of hydrogen-bond donors (Lipinski definition) is 1. The molecule has 0 radical (unpaired) electrons. The molecule has 4 nitrogen and oxygen atoms in total. The lowest BCUT2D eigenvalue weighted by molar-refractivity contribution is -0.150. The van der Waals surface area contributed by atoms with E-state index in [1.807, 2.05) is 0 Å². The summed E-state index contributed by atoms with van der Waals surface area (Å²) in [7, 11) is 0. The third kappa shape index (κ3) is 40.6. The molecule has 0 heterocycles. The van der Waals surface area contributed by atoms with Gasteiger partial charge >= 0.3 is 11.9 Å². The van der Waals surface area contributed by atoms with Crippen LogP contribution in [-0.4, -0.2) is 23.1 Å². The summed E-state index contributed by atoms with van der Waals surface area (Å²) in [6, 6.07) is 0. The number of carbonyl (C=O) groups excluding carboxylic acids is 1. The first-order chi connectivity index (χ1) is 24.6. The van der Waals surface area contributed by atoms with Gasteiger partial charge in [-0.3, -0.25) is 9.59 Å². The predicted molar refractivity (Wildman–Crippen MR) is 218 cm³/mol. The normalized spacial score (nSPS) is 12.5. The fraction of sp³-hybridized carbons (Fsp3) is 0.826. The summed E-state index contributed by atoms with van der Waals surface area (Å²) in [5.41, 5.74) is 0. The molecule has 0 aliphatic carbocycles. The third-order valence-electron chi connectivity index (χ3n) is 9.83. The average Bonchev–Trinajstić information content (AvgIpc) is 3.10. The number of carboxylic acid groups (broad SMARTS) is 1. The van der Waals surface area contributed by atoms with Crippen molar-refractivity contribution < 1.29 is 19.4 Å². The molecule has 0 aliphatic heterocycles. The largest absolute Gasteiger partial charge is 0.481 e. The molecular formula is C46H84O4. The second-order valence-corrected chi connectivity index (χ2v) is 14.9. The van der Waals surface area contributed by atoms with Crippen LogP contribution in [0.5, 0.6) is 0 Å². The maximum Gasteiger partial charge on any atom is 0.306 e. The SMILES string of the molecule is CCCCC/C=C\C/C=C\CCCC/C=C\CCCCCCCC(=O)OC(CCCCCCC)CCCCCCCCCCCCCC(=O)O. The molecule has 0 saturated carbocycles. The molecule has 0 bridgehead atoms. The van der Waals surface area contributed by atoms with E-state index in [-0.39, 0.29) is 12.1 Å². The number of carbonyl (C=O) groups is 2. The van der Waals surface area contributed by atoms with Crippen molar-refractivity contribution >= 4 is 11.9 Å². The first-order valence-corrected chi connectivity index (χ1v) is 22.0. The lowest BCUT2D eigenvalue weighted by Gasteiger charge is -2.18. The van der Waals surface area contributed by atoms with Crippen LogP contribution in [-0.2, 0) is 14.3 Å². The van der Waals surface area contributed by atoms with Gasteiger partial charge in [0.1, 0.15) is 6.10 Å². The molecule has 0 aromatic heterocycles. The molecule has 0 fully saturated rings. The lowest BCUT2D eigenvalue weighted by atomic mass is 10.0. The van der Waals surface area contributed by atoms with Gasteiger partial charge in [0.25, 0.3) is 0 Å². The highest BCUT2D eigenvalue weighted by atomic mass is 16.5. The Balaban J connectivity index is 3.84. The van der Waals surface area contributed by atoms with Gasteiger partial charge in [0.2, 0.25) is 0 Å². The predicted octanol–water partition coefficient (Wildman–Crippen LogP) is 15.3. The second kappa shape index (κ2) is 41.6. The lowest BCUT2D eigenvalue weighted by Crippen LogP contribution is -2.18. The smallest absolute Gasteiger partial charge is 0.306 e. The topological polar surface area (TPSA) is 63.6 Å². The minimum atomic E-state index is -0.672. The van der Waals surface area contributed by atoms with Crippen molar-refractivity contribution in [2.45, 2.75) is 245 Å². The van der Waals surface area contributed by atoms with E-state index >= 15 is 0 Å². The Labute approximate surface area is 311 Å². The molecule has 50 heavy (non-hydrogen) atoms. The maximum atomic E-state index is 12.7. The van der Waals surface area contributed by atoms with E-state index in [1.165, 1.54) is 167 Å². The molecule has 0 saturated heterocycles. The van der Waals surface area contributed by atoms with Crippen LogP contribution < -0.4 is 0 Å². The zero-order valence-corrected chi connectivity index (χ0v) is 33.5. The number of aliphatic carboxylic acids is 1. The number of unbranched alkanes of at least 4 members (excludes halogenated alkanes) is 25. The van der Waals surface area contributed by atoms with Crippen LogP contribution in [0.2, 0.25) is 0 Å². The maximum absolute atomic E-state index is 12.7. The quantitative estimate of drug-likeness (QED) is 0.0393. The summed E-state index contributed by atoms with van der Waals surface area (Å²) in [6.45, 7) is 4.51. The van der Waals surface area contributed by atoms with E-state index in [1.54, 1.807) is 0 Å². The number of allylic oxidation sites excluding steroid dienone is 6. The molecule has 0 aromatic rings. The fourth-order valence-corrected chi connectivity index (χ4v) is 6.56. The first kappa shape index (κ1) is 48.2. The zero-order valence-electron chi connectivity index (χ0n) is 33.5. The fourth-order valence-electron chi connectivity index (χ4n) is 6.56. The van der Waals surface area contributed by atoms with Gasteiger partial charge < -0.3 is 9.84 Å². The Kier molecular flexibility index (Phi) is 40.0. The van der Waals surface area contributed by atoms with Crippen molar-refractivity contribution in [1.82, 2.24) is 0 Å². The van der Waals surface area contributed by atoms with Gasteiger partial charge in [0.05, 0.1) is 0 Å². The van der Waals surface area contributed by atoms with Gasteiger partial charge in [-0.2, -0.15) is 0 Å². The Hall–Kier alpha value is -1.84. The second-order valence-electron chi connectivity index (χ2n) is 14.9. The van der Waals surface area contributed by atoms with E-state index in [0.29, 0.717) is 12.8 Å². The molecule has 0 spiro atoms. The molecular weight excluding hydrogens is 617 g/mol. The number of hydrogen-bond acceptors (Lipinski definition) is 3. The van der Waals surface area contributed by atoms with Crippen LogP contribution in [0, 0.1) is 0 Å². The van der Waals surface area contributed by atoms with E-state index in [2.05, 4.69) is 50.3 Å². The van der Waals surface area contributed by atoms with E-state index < -0.39 is 5.97 Å². The van der Waals surface area contributed by atoms with E-state index in [0.717, 1.165) is 44.9 Å². The molecule has 1 atom stereocenters. The van der Waals surface area contributed by atoms with E-state index in [4.69, 9.17) is 9.84 Å². The van der Waals surface area contributed by atoms with Gasteiger partial charge in [-0.1, -0.05) is 166 Å².